The molecule has 1 saturated carbocycles. The molecule has 2 N–H and O–H groups in total. The Labute approximate surface area is 143 Å². The fraction of sp³-hybridized carbons (Fsp3) is 0.353. The Bertz CT molecular complexity index is 731. The zero-order valence-electron chi connectivity index (χ0n) is 12.9. The molecule has 0 bridgehead atoms. The van der Waals surface area contributed by atoms with Gasteiger partial charge >= 0.3 is 5.97 Å². The molecule has 0 amide bonds. The first-order valence-electron chi connectivity index (χ1n) is 7.81. The normalized spacial score (nSPS) is 20.6. The summed E-state index contributed by atoms with van der Waals surface area (Å²) in [5.41, 5.74) is 1.25. The van der Waals surface area contributed by atoms with E-state index >= 15 is 0 Å². The largest absolute Gasteiger partial charge is 0.481 e. The summed E-state index contributed by atoms with van der Waals surface area (Å²) in [7, 11) is 0. The van der Waals surface area contributed by atoms with Crippen molar-refractivity contribution in [2.75, 3.05) is 5.32 Å². The van der Waals surface area contributed by atoms with Gasteiger partial charge in [-0.25, -0.2) is 14.4 Å². The van der Waals surface area contributed by atoms with Crippen LogP contribution < -0.4 is 5.32 Å². The van der Waals surface area contributed by atoms with Gasteiger partial charge in [0, 0.05) is 11.6 Å². The first kappa shape index (κ1) is 16.6. The fourth-order valence-electron chi connectivity index (χ4n) is 2.91. The third-order valence-electron chi connectivity index (χ3n) is 4.27. The first-order chi connectivity index (χ1) is 11.5. The molecular formula is C17H17ClFN3O2. The average molecular weight is 350 g/mol. The fourth-order valence-corrected chi connectivity index (χ4v) is 3.11. The van der Waals surface area contributed by atoms with Gasteiger partial charge in [0.05, 0.1) is 22.8 Å². The van der Waals surface area contributed by atoms with E-state index in [1.165, 1.54) is 18.3 Å². The first-order valence-corrected chi connectivity index (χ1v) is 8.18. The molecule has 0 saturated heterocycles. The van der Waals surface area contributed by atoms with E-state index in [2.05, 4.69) is 15.3 Å². The molecule has 126 valence electrons. The summed E-state index contributed by atoms with van der Waals surface area (Å²) in [6.07, 6.45) is 4.32. The maximum absolute atomic E-state index is 13.1. The van der Waals surface area contributed by atoms with Crippen molar-refractivity contribution in [1.82, 2.24) is 9.97 Å². The second-order valence-corrected chi connectivity index (χ2v) is 6.34. The van der Waals surface area contributed by atoms with E-state index < -0.39 is 5.97 Å². The van der Waals surface area contributed by atoms with Gasteiger partial charge in [-0.3, -0.25) is 4.79 Å². The van der Waals surface area contributed by atoms with Crippen LogP contribution in [0.15, 0.2) is 30.5 Å². The molecule has 0 atom stereocenters. The molecule has 0 radical (unpaired) electrons. The number of halogens is 2. The van der Waals surface area contributed by atoms with Crippen LogP contribution in [0.2, 0.25) is 5.02 Å². The Morgan fingerprint density at radius 3 is 2.50 bits per heavy atom. The van der Waals surface area contributed by atoms with Crippen LogP contribution >= 0.6 is 11.6 Å². The summed E-state index contributed by atoms with van der Waals surface area (Å²) in [5.74, 6) is -0.867. The van der Waals surface area contributed by atoms with E-state index in [0.717, 1.165) is 12.8 Å². The molecule has 1 aliphatic carbocycles. The van der Waals surface area contributed by atoms with Gasteiger partial charge in [0.2, 0.25) is 5.95 Å². The van der Waals surface area contributed by atoms with Gasteiger partial charge in [0.1, 0.15) is 5.82 Å². The lowest BCUT2D eigenvalue weighted by molar-refractivity contribution is -0.142. The molecule has 7 heteroatoms. The minimum Gasteiger partial charge on any atom is -0.481 e. The Morgan fingerprint density at radius 1 is 1.21 bits per heavy atom. The predicted molar refractivity (Wildman–Crippen MR) is 89.4 cm³/mol. The highest BCUT2D eigenvalue weighted by Crippen LogP contribution is 2.29. The minimum atomic E-state index is -0.727. The van der Waals surface area contributed by atoms with Crippen LogP contribution in [0.3, 0.4) is 0 Å². The molecule has 1 aromatic heterocycles. The van der Waals surface area contributed by atoms with Gasteiger partial charge in [0.25, 0.3) is 0 Å². The van der Waals surface area contributed by atoms with Gasteiger partial charge in [-0.2, -0.15) is 0 Å². The maximum Gasteiger partial charge on any atom is 0.306 e. The van der Waals surface area contributed by atoms with Crippen molar-refractivity contribution in [2.45, 2.75) is 31.7 Å². The smallest absolute Gasteiger partial charge is 0.306 e. The summed E-state index contributed by atoms with van der Waals surface area (Å²) < 4.78 is 13.1. The summed E-state index contributed by atoms with van der Waals surface area (Å²) >= 11 is 6.16. The highest BCUT2D eigenvalue weighted by Gasteiger charge is 2.26. The Kier molecular flexibility index (Phi) is 4.94. The summed E-state index contributed by atoms with van der Waals surface area (Å²) in [6.45, 7) is 0. The molecule has 1 heterocycles. The lowest BCUT2D eigenvalue weighted by Gasteiger charge is -2.26. The van der Waals surface area contributed by atoms with Crippen molar-refractivity contribution in [1.29, 1.82) is 0 Å². The lowest BCUT2D eigenvalue weighted by Crippen LogP contribution is -2.29. The Hall–Kier alpha value is -2.21. The molecule has 3 rings (SSSR count). The second kappa shape index (κ2) is 7.13. The van der Waals surface area contributed by atoms with Gasteiger partial charge in [-0.05, 0) is 49.9 Å². The second-order valence-electron chi connectivity index (χ2n) is 5.93. The maximum atomic E-state index is 13.1. The van der Waals surface area contributed by atoms with Gasteiger partial charge < -0.3 is 10.4 Å². The third-order valence-corrected chi connectivity index (χ3v) is 4.55. The van der Waals surface area contributed by atoms with E-state index in [-0.39, 0.29) is 17.8 Å². The topological polar surface area (TPSA) is 75.1 Å². The van der Waals surface area contributed by atoms with Crippen LogP contribution in [0, 0.1) is 11.7 Å². The number of nitrogens with zero attached hydrogens (tertiary/aromatic N) is 2. The van der Waals surface area contributed by atoms with Crippen molar-refractivity contribution in [2.24, 2.45) is 5.92 Å². The Balaban J connectivity index is 1.72. The number of hydrogen-bond donors (Lipinski definition) is 2. The predicted octanol–water partition coefficient (Wildman–Crippen LogP) is 3.99. The number of nitrogens with one attached hydrogen (secondary N) is 1. The van der Waals surface area contributed by atoms with Crippen molar-refractivity contribution in [3.63, 3.8) is 0 Å². The number of anilines is 1. The van der Waals surface area contributed by atoms with Crippen LogP contribution in [-0.2, 0) is 4.79 Å². The number of benzene rings is 1. The molecule has 5 nitrogen and oxygen atoms in total. The number of hydrogen-bond acceptors (Lipinski definition) is 4. The van der Waals surface area contributed by atoms with E-state index in [1.807, 2.05) is 0 Å². The highest BCUT2D eigenvalue weighted by molar-refractivity contribution is 6.32. The van der Waals surface area contributed by atoms with E-state index in [0.29, 0.717) is 35.1 Å². The van der Waals surface area contributed by atoms with E-state index in [1.54, 1.807) is 12.1 Å². The van der Waals surface area contributed by atoms with Crippen LogP contribution in [0.5, 0.6) is 0 Å². The third kappa shape index (κ3) is 3.82. The van der Waals surface area contributed by atoms with Crippen molar-refractivity contribution < 1.29 is 14.3 Å². The minimum absolute atomic E-state index is 0.142. The number of rotatable bonds is 4. The molecule has 1 aromatic carbocycles. The van der Waals surface area contributed by atoms with Crippen LogP contribution in [0.25, 0.3) is 11.3 Å². The zero-order chi connectivity index (χ0) is 17.1. The number of carboxylic acids is 1. The van der Waals surface area contributed by atoms with E-state index in [9.17, 15) is 9.18 Å². The molecular weight excluding hydrogens is 333 g/mol. The number of aliphatic carboxylic acids is 1. The molecule has 0 aliphatic heterocycles. The Morgan fingerprint density at radius 2 is 1.88 bits per heavy atom. The van der Waals surface area contributed by atoms with Crippen molar-refractivity contribution in [3.8, 4) is 11.3 Å². The summed E-state index contributed by atoms with van der Waals surface area (Å²) in [5, 5.41) is 12.7. The summed E-state index contributed by atoms with van der Waals surface area (Å²) in [4.78, 5) is 19.6. The van der Waals surface area contributed by atoms with Crippen LogP contribution in [0.1, 0.15) is 25.7 Å². The molecule has 0 spiro atoms. The van der Waals surface area contributed by atoms with Crippen LogP contribution in [0.4, 0.5) is 10.3 Å². The number of aromatic nitrogens is 2. The molecule has 1 fully saturated rings. The standard InChI is InChI=1S/C17H17ClFN3O2/c18-14-9-20-17(21-13-7-3-11(4-8-13)16(23)24)22-15(14)10-1-5-12(19)6-2-10/h1-2,5-6,9,11,13H,3-4,7-8H2,(H,23,24)(H,20,21,22). The van der Waals surface area contributed by atoms with Gasteiger partial charge in [-0.1, -0.05) is 11.6 Å². The zero-order valence-corrected chi connectivity index (χ0v) is 13.6. The van der Waals surface area contributed by atoms with E-state index in [4.69, 9.17) is 16.7 Å². The quantitative estimate of drug-likeness (QED) is 0.872. The van der Waals surface area contributed by atoms with Gasteiger partial charge in [-0.15, -0.1) is 0 Å². The molecule has 2 aromatic rings. The molecule has 1 aliphatic rings. The van der Waals surface area contributed by atoms with Crippen molar-refractivity contribution >= 4 is 23.5 Å². The summed E-state index contributed by atoms with van der Waals surface area (Å²) in [6, 6.07) is 6.08. The molecule has 24 heavy (non-hydrogen) atoms. The molecule has 0 unspecified atom stereocenters. The highest BCUT2D eigenvalue weighted by atomic mass is 35.5. The average Bonchev–Trinajstić information content (AvgIpc) is 2.58. The number of carboxylic acid groups (broad SMARTS) is 1. The SMILES string of the molecule is O=C(O)C1CCC(Nc2ncc(Cl)c(-c3ccc(F)cc3)n2)CC1. The van der Waals surface area contributed by atoms with Gasteiger partial charge in [0.15, 0.2) is 0 Å². The number of carbonyl (C=O) groups is 1. The monoisotopic (exact) mass is 349 g/mol. The lowest BCUT2D eigenvalue weighted by atomic mass is 9.86. The van der Waals surface area contributed by atoms with Crippen molar-refractivity contribution in [3.05, 3.63) is 41.3 Å². The van der Waals surface area contributed by atoms with Crippen LogP contribution in [-0.4, -0.2) is 27.1 Å².